The summed E-state index contributed by atoms with van der Waals surface area (Å²) in [4.78, 5) is 40.3. The molecule has 2 N–H and O–H groups in total. The third-order valence-corrected chi connectivity index (χ3v) is 7.98. The number of anilines is 1. The maximum Gasteiger partial charge on any atom is 0.329 e. The number of hydrogen-bond acceptors (Lipinski definition) is 5. The summed E-state index contributed by atoms with van der Waals surface area (Å²) in [5, 5.41) is 13.0. The van der Waals surface area contributed by atoms with Crippen LogP contribution in [0.25, 0.3) is 0 Å². The van der Waals surface area contributed by atoms with E-state index < -0.39 is 30.6 Å². The van der Waals surface area contributed by atoms with E-state index in [0.717, 1.165) is 24.8 Å². The minimum absolute atomic E-state index is 0.0132. The maximum atomic E-state index is 13.7. The predicted molar refractivity (Wildman–Crippen MR) is 117 cm³/mol. The van der Waals surface area contributed by atoms with Gasteiger partial charge in [0.1, 0.15) is 6.04 Å². The van der Waals surface area contributed by atoms with Gasteiger partial charge < -0.3 is 20.1 Å². The highest BCUT2D eigenvalue weighted by atomic mass is 16.5. The highest BCUT2D eigenvalue weighted by Gasteiger charge is 2.57. The summed E-state index contributed by atoms with van der Waals surface area (Å²) in [6, 6.07) is 6.52. The van der Waals surface area contributed by atoms with Crippen LogP contribution in [0.4, 0.5) is 5.69 Å². The van der Waals surface area contributed by atoms with Crippen molar-refractivity contribution in [3.63, 3.8) is 0 Å². The van der Waals surface area contributed by atoms with E-state index >= 15 is 0 Å². The van der Waals surface area contributed by atoms with Crippen molar-refractivity contribution < 1.29 is 24.2 Å². The minimum Gasteiger partial charge on any atom is -0.454 e. The van der Waals surface area contributed by atoms with Crippen molar-refractivity contribution in [3.05, 3.63) is 29.8 Å². The number of carbonyl (C=O) groups is 3. The molecule has 5 fully saturated rings. The number of nitrogens with one attached hydrogen (secondary N) is 1. The molecule has 1 unspecified atom stereocenters. The first kappa shape index (κ1) is 21.4. The molecule has 1 aromatic carbocycles. The fourth-order valence-corrected chi connectivity index (χ4v) is 7.01. The number of benzene rings is 1. The lowest BCUT2D eigenvalue weighted by molar-refractivity contribution is -0.166. The van der Waals surface area contributed by atoms with Crippen LogP contribution in [0.5, 0.6) is 0 Å². The molecule has 1 aromatic rings. The predicted octanol–water partition coefficient (Wildman–Crippen LogP) is 2.65. The van der Waals surface area contributed by atoms with Crippen LogP contribution in [0.3, 0.4) is 0 Å². The van der Waals surface area contributed by atoms with Gasteiger partial charge in [-0.05, 0) is 75.3 Å². The zero-order chi connectivity index (χ0) is 22.5. The van der Waals surface area contributed by atoms with E-state index in [1.807, 2.05) is 19.1 Å². The van der Waals surface area contributed by atoms with Crippen LogP contribution in [0, 0.1) is 30.1 Å². The number of nitrogens with zero attached hydrogens (tertiary/aromatic N) is 1. The lowest BCUT2D eigenvalue weighted by Gasteiger charge is -2.56. The van der Waals surface area contributed by atoms with Gasteiger partial charge in [0.25, 0.3) is 5.91 Å². The fourth-order valence-electron chi connectivity index (χ4n) is 7.01. The third kappa shape index (κ3) is 4.03. The van der Waals surface area contributed by atoms with Crippen LogP contribution in [0.2, 0.25) is 0 Å². The van der Waals surface area contributed by atoms with E-state index in [2.05, 4.69) is 5.32 Å². The smallest absolute Gasteiger partial charge is 0.329 e. The molecule has 4 saturated carbocycles. The van der Waals surface area contributed by atoms with Crippen molar-refractivity contribution in [1.29, 1.82) is 0 Å². The number of hydrogen-bond donors (Lipinski definition) is 2. The Hall–Kier alpha value is -2.41. The maximum absolute atomic E-state index is 13.7. The monoisotopic (exact) mass is 440 g/mol. The molecule has 1 saturated heterocycles. The second-order valence-electron chi connectivity index (χ2n) is 10.6. The van der Waals surface area contributed by atoms with Gasteiger partial charge >= 0.3 is 5.97 Å². The fraction of sp³-hybridized carbons (Fsp3) is 0.640. The summed E-state index contributed by atoms with van der Waals surface area (Å²) in [5.74, 6) is 0.827. The zero-order valence-corrected chi connectivity index (χ0v) is 18.6. The number of esters is 1. The SMILES string of the molecule is Cc1ccc(NC(=O)COC(=O)[C@@H]2CC(O)CN2C(=O)C23CC4CC(CC(C4)C2)C3)cc1. The molecular formula is C25H32N2O5. The van der Waals surface area contributed by atoms with E-state index in [9.17, 15) is 19.5 Å². The molecule has 5 aliphatic rings. The van der Waals surface area contributed by atoms with Crippen LogP contribution in [-0.4, -0.2) is 53.1 Å². The average Bonchev–Trinajstić information content (AvgIpc) is 3.14. The number of aliphatic hydroxyl groups excluding tert-OH is 1. The van der Waals surface area contributed by atoms with Gasteiger partial charge in [0.2, 0.25) is 5.91 Å². The van der Waals surface area contributed by atoms with Crippen molar-refractivity contribution in [2.75, 3.05) is 18.5 Å². The average molecular weight is 441 g/mol. The summed E-state index contributed by atoms with van der Waals surface area (Å²) in [5.41, 5.74) is 1.34. The Morgan fingerprint density at radius 3 is 2.22 bits per heavy atom. The van der Waals surface area contributed by atoms with Crippen molar-refractivity contribution in [3.8, 4) is 0 Å². The molecule has 2 atom stereocenters. The molecule has 1 heterocycles. The Balaban J connectivity index is 1.22. The summed E-state index contributed by atoms with van der Waals surface area (Å²) in [6.45, 7) is 1.70. The van der Waals surface area contributed by atoms with Crippen LogP contribution >= 0.6 is 0 Å². The Bertz CT molecular complexity index is 876. The normalized spacial score (nSPS) is 35.1. The van der Waals surface area contributed by atoms with Crippen molar-refractivity contribution >= 4 is 23.5 Å². The zero-order valence-electron chi connectivity index (χ0n) is 18.6. The molecule has 0 aromatic heterocycles. The van der Waals surface area contributed by atoms with Gasteiger partial charge in [-0.25, -0.2) is 4.79 Å². The lowest BCUT2D eigenvalue weighted by Crippen LogP contribution is -2.56. The first-order chi connectivity index (χ1) is 15.3. The topological polar surface area (TPSA) is 95.9 Å². The molecular weight excluding hydrogens is 408 g/mol. The van der Waals surface area contributed by atoms with Crippen molar-refractivity contribution in [2.45, 2.75) is 64.0 Å². The first-order valence-electron chi connectivity index (χ1n) is 11.8. The number of likely N-dealkylation sites (tertiary alicyclic amines) is 1. The van der Waals surface area contributed by atoms with E-state index in [1.165, 1.54) is 19.3 Å². The first-order valence-corrected chi connectivity index (χ1v) is 11.8. The van der Waals surface area contributed by atoms with Crippen LogP contribution in [0.1, 0.15) is 50.5 Å². The van der Waals surface area contributed by atoms with Gasteiger partial charge in [-0.3, -0.25) is 9.59 Å². The van der Waals surface area contributed by atoms with E-state index in [0.29, 0.717) is 23.4 Å². The third-order valence-electron chi connectivity index (χ3n) is 7.98. The van der Waals surface area contributed by atoms with Crippen molar-refractivity contribution in [1.82, 2.24) is 4.90 Å². The van der Waals surface area contributed by atoms with Gasteiger partial charge in [-0.2, -0.15) is 0 Å². The molecule has 6 rings (SSSR count). The molecule has 2 amide bonds. The largest absolute Gasteiger partial charge is 0.454 e. The van der Waals surface area contributed by atoms with E-state index in [1.54, 1.807) is 17.0 Å². The molecule has 0 spiro atoms. The number of carbonyl (C=O) groups excluding carboxylic acids is 3. The molecule has 4 bridgehead atoms. The van der Waals surface area contributed by atoms with Crippen molar-refractivity contribution in [2.24, 2.45) is 23.2 Å². The van der Waals surface area contributed by atoms with Gasteiger partial charge in [0.15, 0.2) is 6.61 Å². The molecule has 7 nitrogen and oxygen atoms in total. The van der Waals surface area contributed by atoms with E-state index in [4.69, 9.17) is 4.74 Å². The van der Waals surface area contributed by atoms with Crippen LogP contribution in [0.15, 0.2) is 24.3 Å². The number of rotatable bonds is 5. The number of aryl methyl sites for hydroxylation is 1. The Morgan fingerprint density at radius 2 is 1.62 bits per heavy atom. The molecule has 7 heteroatoms. The molecule has 172 valence electrons. The highest BCUT2D eigenvalue weighted by molar-refractivity contribution is 5.94. The number of amides is 2. The summed E-state index contributed by atoms with van der Waals surface area (Å²) >= 11 is 0. The van der Waals surface area contributed by atoms with Gasteiger partial charge in [-0.1, -0.05) is 17.7 Å². The minimum atomic E-state index is -0.822. The Kier molecular flexibility index (Phi) is 5.48. The van der Waals surface area contributed by atoms with Crippen LogP contribution in [-0.2, 0) is 19.1 Å². The standard InChI is InChI=1S/C25H32N2O5/c1-15-2-4-19(5-3-15)26-22(29)14-32-23(30)21-9-20(28)13-27(21)24(31)25-10-16-6-17(11-25)8-18(7-16)12-25/h2-5,16-18,20-21,28H,6-14H2,1H3,(H,26,29)/t16?,17?,18?,20?,21-,25?/m0/s1. The number of aliphatic hydroxyl groups is 1. The highest BCUT2D eigenvalue weighted by Crippen LogP contribution is 2.60. The van der Waals surface area contributed by atoms with Gasteiger partial charge in [0.05, 0.1) is 11.5 Å². The number of β-amino-alcohol motifs (C(OH)–C–C–N with tert-alkyl or cyclic N) is 1. The lowest BCUT2D eigenvalue weighted by atomic mass is 9.49. The molecule has 4 aliphatic carbocycles. The molecule has 0 radical (unpaired) electrons. The second-order valence-corrected chi connectivity index (χ2v) is 10.6. The Labute approximate surface area is 188 Å². The quantitative estimate of drug-likeness (QED) is 0.687. The Morgan fingerprint density at radius 1 is 1.03 bits per heavy atom. The molecule has 1 aliphatic heterocycles. The van der Waals surface area contributed by atoms with Gasteiger partial charge in [-0.15, -0.1) is 0 Å². The summed E-state index contributed by atoms with van der Waals surface area (Å²) in [6.07, 6.45) is 5.84. The summed E-state index contributed by atoms with van der Waals surface area (Å²) in [7, 11) is 0. The molecule has 32 heavy (non-hydrogen) atoms. The number of ether oxygens (including phenoxy) is 1. The van der Waals surface area contributed by atoms with Crippen LogP contribution < -0.4 is 5.32 Å². The van der Waals surface area contributed by atoms with E-state index in [-0.39, 0.29) is 24.3 Å². The van der Waals surface area contributed by atoms with Gasteiger partial charge in [0, 0.05) is 18.7 Å². The second kappa shape index (κ2) is 8.18. The summed E-state index contributed by atoms with van der Waals surface area (Å²) < 4.78 is 5.28.